The van der Waals surface area contributed by atoms with Crippen LogP contribution >= 0.6 is 7.92 Å². The van der Waals surface area contributed by atoms with E-state index in [0.29, 0.717) is 12.0 Å². The predicted octanol–water partition coefficient (Wildman–Crippen LogP) is 7.05. The van der Waals surface area contributed by atoms with Crippen LogP contribution in [0.25, 0.3) is 0 Å². The summed E-state index contributed by atoms with van der Waals surface area (Å²) in [6.07, 6.45) is 21.7. The molecule has 2 saturated carbocycles. The fourth-order valence-electron chi connectivity index (χ4n) is 5.37. The number of ether oxygens (including phenoxy) is 1. The molecule has 0 bridgehead atoms. The molecule has 1 heterocycles. The molecule has 3 aliphatic carbocycles. The van der Waals surface area contributed by atoms with Gasteiger partial charge in [0.15, 0.2) is 5.90 Å². The number of aliphatic imine (C=N–C) groups is 1. The van der Waals surface area contributed by atoms with Crippen molar-refractivity contribution < 1.29 is 4.74 Å². The number of rotatable bonds is 4. The molecule has 0 amide bonds. The van der Waals surface area contributed by atoms with Crippen LogP contribution in [0.5, 0.6) is 0 Å². The van der Waals surface area contributed by atoms with E-state index in [-0.39, 0.29) is 13.3 Å². The molecule has 3 heteroatoms. The summed E-state index contributed by atoms with van der Waals surface area (Å²) in [6, 6.07) is 0.304. The summed E-state index contributed by atoms with van der Waals surface area (Å²) in [5, 5.41) is 1.71. The van der Waals surface area contributed by atoms with E-state index in [1.807, 2.05) is 0 Å². The molecule has 150 valence electrons. The molecule has 2 fully saturated rings. The molecular weight excluding hydrogens is 349 g/mol. The average molecular weight is 388 g/mol. The Morgan fingerprint density at radius 1 is 0.926 bits per heavy atom. The normalized spacial score (nSPS) is 30.5. The first-order valence-electron chi connectivity index (χ1n) is 11.4. The van der Waals surface area contributed by atoms with Gasteiger partial charge in [0.25, 0.3) is 0 Å². The van der Waals surface area contributed by atoms with Crippen molar-refractivity contribution >= 4 is 13.8 Å². The molecule has 1 aliphatic heterocycles. The third kappa shape index (κ3) is 4.36. The van der Waals surface area contributed by atoms with Gasteiger partial charge in [0.05, 0.1) is 12.0 Å². The number of hydrogen-bond donors (Lipinski definition) is 0. The van der Waals surface area contributed by atoms with Gasteiger partial charge in [0, 0.05) is 0 Å². The maximum absolute atomic E-state index is 6.20. The van der Waals surface area contributed by atoms with Gasteiger partial charge in [-0.1, -0.05) is 85.4 Å². The Bertz CT molecular complexity index is 584. The topological polar surface area (TPSA) is 21.6 Å². The van der Waals surface area contributed by atoms with Gasteiger partial charge in [0.1, 0.15) is 6.61 Å². The van der Waals surface area contributed by atoms with Crippen molar-refractivity contribution in [2.75, 3.05) is 6.61 Å². The zero-order valence-electron chi connectivity index (χ0n) is 17.6. The Balaban J connectivity index is 1.57. The Hall–Kier alpha value is -0.620. The highest BCUT2D eigenvalue weighted by Gasteiger charge is 2.40. The first-order valence-corrected chi connectivity index (χ1v) is 12.9. The Labute approximate surface area is 167 Å². The summed E-state index contributed by atoms with van der Waals surface area (Å²) in [4.78, 5) is 5.08. The third-order valence-electron chi connectivity index (χ3n) is 7.06. The van der Waals surface area contributed by atoms with Crippen LogP contribution in [0.4, 0.5) is 0 Å². The number of hydrogen-bond acceptors (Lipinski definition) is 2. The van der Waals surface area contributed by atoms with Crippen LogP contribution in [-0.4, -0.2) is 29.9 Å². The molecule has 0 aromatic heterocycles. The van der Waals surface area contributed by atoms with Gasteiger partial charge in [-0.2, -0.15) is 0 Å². The minimum absolute atomic E-state index is 0.0581. The van der Waals surface area contributed by atoms with Crippen LogP contribution < -0.4 is 0 Å². The standard InChI is InChI=1S/C24H38NOP/c1-24(2,3)22-17-26-23(25-22)20-15-10-16-21(20)27(18-11-6-4-7-12-18)19-13-8-5-9-14-19/h10,15-16,18-20,22H,4-9,11-14,17H2,1-3H3/t20?,22-/m0/s1. The Morgan fingerprint density at radius 3 is 2.04 bits per heavy atom. The smallest absolute Gasteiger partial charge is 0.195 e. The number of nitrogens with zero attached hydrogens (tertiary/aromatic N) is 1. The van der Waals surface area contributed by atoms with Crippen molar-refractivity contribution in [3.8, 4) is 0 Å². The van der Waals surface area contributed by atoms with E-state index in [2.05, 4.69) is 39.0 Å². The number of allylic oxidation sites excluding steroid dienone is 2. The molecule has 0 aromatic rings. The zero-order chi connectivity index (χ0) is 18.9. The van der Waals surface area contributed by atoms with Crippen LogP contribution in [0.3, 0.4) is 0 Å². The van der Waals surface area contributed by atoms with Gasteiger partial charge in [-0.3, -0.25) is 0 Å². The lowest BCUT2D eigenvalue weighted by Crippen LogP contribution is -2.25. The lowest BCUT2D eigenvalue weighted by molar-refractivity contribution is 0.232. The van der Waals surface area contributed by atoms with E-state index in [4.69, 9.17) is 9.73 Å². The molecule has 0 N–H and O–H groups in total. The first-order chi connectivity index (χ1) is 13.0. The van der Waals surface area contributed by atoms with Crippen LogP contribution in [0.2, 0.25) is 0 Å². The minimum Gasteiger partial charge on any atom is -0.478 e. The van der Waals surface area contributed by atoms with Gasteiger partial charge < -0.3 is 4.74 Å². The molecule has 4 aliphatic rings. The molecule has 1 unspecified atom stereocenters. The molecule has 0 aromatic carbocycles. The van der Waals surface area contributed by atoms with Crippen LogP contribution in [0.1, 0.15) is 85.0 Å². The largest absolute Gasteiger partial charge is 0.478 e. The quantitative estimate of drug-likeness (QED) is 0.474. The lowest BCUT2D eigenvalue weighted by atomic mass is 9.88. The van der Waals surface area contributed by atoms with E-state index < -0.39 is 0 Å². The third-order valence-corrected chi connectivity index (χ3v) is 10.7. The second-order valence-electron chi connectivity index (χ2n) is 10.1. The van der Waals surface area contributed by atoms with Gasteiger partial charge in [-0.05, 0) is 47.7 Å². The van der Waals surface area contributed by atoms with E-state index >= 15 is 0 Å². The molecule has 27 heavy (non-hydrogen) atoms. The molecular formula is C24H38NOP. The van der Waals surface area contributed by atoms with Crippen molar-refractivity contribution in [3.05, 3.63) is 23.5 Å². The Kier molecular flexibility index (Phi) is 6.12. The highest BCUT2D eigenvalue weighted by molar-refractivity contribution is 7.63. The maximum atomic E-state index is 6.20. The predicted molar refractivity (Wildman–Crippen MR) is 118 cm³/mol. The fraction of sp³-hybridized carbons (Fsp3) is 0.792. The van der Waals surface area contributed by atoms with E-state index in [1.165, 1.54) is 64.2 Å². The van der Waals surface area contributed by atoms with Gasteiger partial charge in [-0.25, -0.2) is 4.99 Å². The second kappa shape index (κ2) is 8.40. The zero-order valence-corrected chi connectivity index (χ0v) is 18.5. The highest BCUT2D eigenvalue weighted by atomic mass is 31.1. The summed E-state index contributed by atoms with van der Waals surface area (Å²) < 4.78 is 6.20. The minimum atomic E-state index is -0.0581. The summed E-state index contributed by atoms with van der Waals surface area (Å²) in [5.41, 5.74) is 2.09. The molecule has 0 saturated heterocycles. The average Bonchev–Trinajstić information content (AvgIpc) is 3.33. The lowest BCUT2D eigenvalue weighted by Gasteiger charge is -2.40. The fourth-order valence-corrected chi connectivity index (χ4v) is 9.43. The maximum Gasteiger partial charge on any atom is 0.195 e. The van der Waals surface area contributed by atoms with Crippen molar-refractivity contribution in [3.63, 3.8) is 0 Å². The van der Waals surface area contributed by atoms with Crippen molar-refractivity contribution in [1.29, 1.82) is 0 Å². The first kappa shape index (κ1) is 19.7. The van der Waals surface area contributed by atoms with Crippen LogP contribution in [0.15, 0.2) is 28.5 Å². The molecule has 0 radical (unpaired) electrons. The SMILES string of the molecule is CC(C)(C)[C@@H]1COC(C2C=CC=C2P(C2CCCCC2)C2CCCCC2)=N1. The van der Waals surface area contributed by atoms with Crippen LogP contribution in [-0.2, 0) is 4.74 Å². The Morgan fingerprint density at radius 2 is 1.52 bits per heavy atom. The molecule has 2 nitrogen and oxygen atoms in total. The molecule has 0 spiro atoms. The van der Waals surface area contributed by atoms with Crippen LogP contribution in [0, 0.1) is 11.3 Å². The highest BCUT2D eigenvalue weighted by Crippen LogP contribution is 2.64. The monoisotopic (exact) mass is 387 g/mol. The summed E-state index contributed by atoms with van der Waals surface area (Å²) in [5.74, 6) is 1.36. The molecule has 4 rings (SSSR count). The van der Waals surface area contributed by atoms with E-state index in [0.717, 1.165) is 23.8 Å². The second-order valence-corrected chi connectivity index (χ2v) is 12.9. The summed E-state index contributed by atoms with van der Waals surface area (Å²) in [7, 11) is -0.0581. The summed E-state index contributed by atoms with van der Waals surface area (Å²) in [6.45, 7) is 7.62. The van der Waals surface area contributed by atoms with Gasteiger partial charge in [0.2, 0.25) is 0 Å². The van der Waals surface area contributed by atoms with Crippen molar-refractivity contribution in [2.24, 2.45) is 16.3 Å². The van der Waals surface area contributed by atoms with E-state index in [9.17, 15) is 0 Å². The molecule has 2 atom stereocenters. The van der Waals surface area contributed by atoms with Gasteiger partial charge >= 0.3 is 0 Å². The van der Waals surface area contributed by atoms with Crippen molar-refractivity contribution in [1.82, 2.24) is 0 Å². The van der Waals surface area contributed by atoms with E-state index in [1.54, 1.807) is 5.31 Å². The van der Waals surface area contributed by atoms with Gasteiger partial charge in [-0.15, -0.1) is 0 Å². The van der Waals surface area contributed by atoms with Crippen molar-refractivity contribution in [2.45, 2.75) is 102 Å². The summed E-state index contributed by atoms with van der Waals surface area (Å²) >= 11 is 0.